The number of nitrogens with two attached hydrogens (primary N) is 1. The molecule has 5 heteroatoms. The lowest BCUT2D eigenvalue weighted by atomic mass is 10.0. The Bertz CT molecular complexity index is 559. The summed E-state index contributed by atoms with van der Waals surface area (Å²) in [7, 11) is 0. The second-order valence-corrected chi connectivity index (χ2v) is 10.2. The number of carbonyl (C=O) groups is 1. The average molecular weight is 464 g/mol. The molecule has 2 N–H and O–H groups in total. The Morgan fingerprint density at radius 1 is 0.818 bits per heavy atom. The molecule has 2 unspecified atom stereocenters. The van der Waals surface area contributed by atoms with Gasteiger partial charge < -0.3 is 9.90 Å². The minimum Gasteiger partial charge on any atom is -0.544 e. The summed E-state index contributed by atoms with van der Waals surface area (Å²) in [6, 6.07) is 0. The smallest absolute Gasteiger partial charge is 0.209 e. The first-order valence-electron chi connectivity index (χ1n) is 14.1. The van der Waals surface area contributed by atoms with Gasteiger partial charge >= 0.3 is 0 Å². The third kappa shape index (κ3) is 13.3. The molecule has 33 heavy (non-hydrogen) atoms. The molecule has 1 aliphatic rings. The number of aliphatic carboxylic acids is 1. The van der Waals surface area contributed by atoms with Crippen LogP contribution in [0.4, 0.5) is 0 Å². The first-order valence-corrected chi connectivity index (χ1v) is 14.1. The van der Waals surface area contributed by atoms with E-state index in [0.717, 1.165) is 18.7 Å². The molecule has 0 aromatic rings. The lowest BCUT2D eigenvalue weighted by Gasteiger charge is -2.36. The van der Waals surface area contributed by atoms with Gasteiger partial charge in [0, 0.05) is 13.3 Å². The average Bonchev–Trinajstić information content (AvgIpc) is 3.18. The van der Waals surface area contributed by atoms with Gasteiger partial charge in [-0.3, -0.25) is 5.73 Å². The van der Waals surface area contributed by atoms with Crippen LogP contribution in [-0.2, 0) is 4.79 Å². The van der Waals surface area contributed by atoms with Crippen molar-refractivity contribution in [2.24, 2.45) is 10.7 Å². The summed E-state index contributed by atoms with van der Waals surface area (Å²) in [6.07, 6.45) is 29.9. The van der Waals surface area contributed by atoms with Crippen LogP contribution in [0.15, 0.2) is 17.4 Å². The van der Waals surface area contributed by atoms with Gasteiger partial charge in [0.15, 0.2) is 0 Å². The number of hydrogen-bond donors (Lipinski definition) is 1. The molecule has 1 aliphatic heterocycles. The van der Waals surface area contributed by atoms with E-state index in [1.807, 2.05) is 6.92 Å². The van der Waals surface area contributed by atoms with Crippen LogP contribution in [-0.4, -0.2) is 29.0 Å². The lowest BCUT2D eigenvalue weighted by molar-refractivity contribution is -0.808. The van der Waals surface area contributed by atoms with Gasteiger partial charge in [-0.2, -0.15) is 0 Å². The van der Waals surface area contributed by atoms with E-state index in [1.54, 1.807) is 12.4 Å². The molecule has 192 valence electrons. The Morgan fingerprint density at radius 2 is 1.21 bits per heavy atom. The molecule has 1 heterocycles. The minimum atomic E-state index is -1.08. The van der Waals surface area contributed by atoms with E-state index in [0.29, 0.717) is 0 Å². The molecular formula is C28H53N3O2. The van der Waals surface area contributed by atoms with Crippen molar-refractivity contribution < 1.29 is 14.4 Å². The maximum atomic E-state index is 11.2. The van der Waals surface area contributed by atoms with E-state index in [9.17, 15) is 9.90 Å². The van der Waals surface area contributed by atoms with Gasteiger partial charge in [-0.15, -0.1) is 0 Å². The largest absolute Gasteiger partial charge is 0.544 e. The van der Waals surface area contributed by atoms with Gasteiger partial charge in [0.1, 0.15) is 18.9 Å². The second kappa shape index (κ2) is 19.1. The number of rotatable bonds is 23. The molecule has 0 bridgehead atoms. The molecule has 0 aromatic heterocycles. The van der Waals surface area contributed by atoms with Crippen molar-refractivity contribution in [3.05, 3.63) is 12.4 Å². The number of nitrogens with zero attached hydrogens (tertiary/aromatic N) is 2. The summed E-state index contributed by atoms with van der Waals surface area (Å²) in [5.74, 6) is -0.221. The lowest BCUT2D eigenvalue weighted by Crippen LogP contribution is -2.60. The van der Waals surface area contributed by atoms with Gasteiger partial charge in [-0.1, -0.05) is 122 Å². The molecule has 0 aromatic carbocycles. The van der Waals surface area contributed by atoms with Gasteiger partial charge in [-0.25, -0.2) is 9.48 Å². The van der Waals surface area contributed by atoms with Crippen LogP contribution in [0, 0.1) is 0 Å². The number of unbranched alkanes of at least 4 members (excludes halogenated alkanes) is 18. The number of aliphatic imine (C=N–C) groups is 1. The summed E-state index contributed by atoms with van der Waals surface area (Å²) in [6.45, 7) is 3.99. The van der Waals surface area contributed by atoms with E-state index in [2.05, 4.69) is 11.9 Å². The third-order valence-corrected chi connectivity index (χ3v) is 7.16. The Kier molecular flexibility index (Phi) is 17.3. The SMILES string of the molecule is CCCCCCCCCCCCCCCCCCCCCC1=NC=C[N+]1(CC(=O)[O-])C(C)N. The van der Waals surface area contributed by atoms with E-state index in [1.165, 1.54) is 116 Å². The van der Waals surface area contributed by atoms with Crippen molar-refractivity contribution >= 4 is 11.8 Å². The van der Waals surface area contributed by atoms with Crippen molar-refractivity contribution in [3.63, 3.8) is 0 Å². The quantitative estimate of drug-likeness (QED) is 0.138. The van der Waals surface area contributed by atoms with Crippen LogP contribution in [0.2, 0.25) is 0 Å². The predicted octanol–water partition coefficient (Wildman–Crippen LogP) is 6.56. The number of quaternary nitrogens is 1. The third-order valence-electron chi connectivity index (χ3n) is 7.16. The summed E-state index contributed by atoms with van der Waals surface area (Å²) in [5, 5.41) is 11.2. The highest BCUT2D eigenvalue weighted by molar-refractivity contribution is 5.81. The number of carbonyl (C=O) groups excluding carboxylic acids is 1. The maximum absolute atomic E-state index is 11.2. The van der Waals surface area contributed by atoms with Crippen LogP contribution >= 0.6 is 0 Å². The molecular weight excluding hydrogens is 410 g/mol. The standard InChI is InChI=1S/C28H53N3O2/c1-3-4-5-6-7-8-9-10-11-12-13-14-15-16-17-18-19-20-21-22-27-30-23-24-31(27,26(2)29)25-28(32)33/h23-24,26H,3-22,25,29H2,1-2H3. The first kappa shape index (κ1) is 29.8. The van der Waals surface area contributed by atoms with Gasteiger partial charge in [0.05, 0.1) is 12.2 Å². The fourth-order valence-corrected chi connectivity index (χ4v) is 4.94. The zero-order valence-corrected chi connectivity index (χ0v) is 21.9. The van der Waals surface area contributed by atoms with Crippen LogP contribution in [0.3, 0.4) is 0 Å². The monoisotopic (exact) mass is 463 g/mol. The molecule has 0 saturated carbocycles. The van der Waals surface area contributed by atoms with Crippen LogP contribution in [0.25, 0.3) is 0 Å². The van der Waals surface area contributed by atoms with Gasteiger partial charge in [-0.05, 0) is 6.42 Å². The first-order chi connectivity index (χ1) is 16.0. The van der Waals surface area contributed by atoms with E-state index >= 15 is 0 Å². The van der Waals surface area contributed by atoms with Gasteiger partial charge in [0.25, 0.3) is 0 Å². The zero-order valence-electron chi connectivity index (χ0n) is 21.9. The highest BCUT2D eigenvalue weighted by atomic mass is 16.4. The fraction of sp³-hybridized carbons (Fsp3) is 0.857. The summed E-state index contributed by atoms with van der Waals surface area (Å²) in [5.41, 5.74) is 6.09. The Hall–Kier alpha value is -1.20. The summed E-state index contributed by atoms with van der Waals surface area (Å²) < 4.78 is 0.112. The Labute approximate surface area is 204 Å². The maximum Gasteiger partial charge on any atom is 0.209 e. The molecule has 0 aliphatic carbocycles. The van der Waals surface area contributed by atoms with Crippen molar-refractivity contribution in [3.8, 4) is 0 Å². The van der Waals surface area contributed by atoms with Crippen LogP contribution < -0.4 is 10.8 Å². The molecule has 0 saturated heterocycles. The van der Waals surface area contributed by atoms with Crippen LogP contribution in [0.1, 0.15) is 142 Å². The van der Waals surface area contributed by atoms with Gasteiger partial charge in [0.2, 0.25) is 5.84 Å². The van der Waals surface area contributed by atoms with Crippen molar-refractivity contribution in [2.75, 3.05) is 6.54 Å². The minimum absolute atomic E-state index is 0.112. The second-order valence-electron chi connectivity index (χ2n) is 10.2. The summed E-state index contributed by atoms with van der Waals surface area (Å²) in [4.78, 5) is 15.6. The van der Waals surface area contributed by atoms with E-state index in [4.69, 9.17) is 5.73 Å². The molecule has 1 rings (SSSR count). The molecule has 5 nitrogen and oxygen atoms in total. The molecule has 0 fully saturated rings. The fourth-order valence-electron chi connectivity index (χ4n) is 4.94. The zero-order chi connectivity index (χ0) is 24.2. The topological polar surface area (TPSA) is 78.5 Å². The van der Waals surface area contributed by atoms with Crippen molar-refractivity contribution in [1.82, 2.24) is 0 Å². The number of carboxylic acids is 1. The normalized spacial score (nSPS) is 18.6. The van der Waals surface area contributed by atoms with Crippen LogP contribution in [0.5, 0.6) is 0 Å². The summed E-state index contributed by atoms with van der Waals surface area (Å²) >= 11 is 0. The number of carboxylic acid groups (broad SMARTS) is 1. The highest BCUT2D eigenvalue weighted by Crippen LogP contribution is 2.23. The predicted molar refractivity (Wildman–Crippen MR) is 138 cm³/mol. The highest BCUT2D eigenvalue weighted by Gasteiger charge is 2.38. The molecule has 2 atom stereocenters. The molecule has 0 amide bonds. The van der Waals surface area contributed by atoms with E-state index < -0.39 is 5.97 Å². The van der Waals surface area contributed by atoms with Crippen molar-refractivity contribution in [1.29, 1.82) is 0 Å². The Morgan fingerprint density at radius 3 is 1.58 bits per heavy atom. The van der Waals surface area contributed by atoms with E-state index in [-0.39, 0.29) is 17.2 Å². The number of amidine groups is 1. The Balaban J connectivity index is 1.90. The van der Waals surface area contributed by atoms with Crippen molar-refractivity contribution in [2.45, 2.75) is 148 Å². The molecule has 0 spiro atoms. The molecule has 0 radical (unpaired) electrons. The number of hydrogen-bond acceptors (Lipinski definition) is 4.